The molecule has 19 heavy (non-hydrogen) atoms. The number of hydrogen-bond donors (Lipinski definition) is 1. The number of allylic oxidation sites excluding steroid dienone is 4. The van der Waals surface area contributed by atoms with Gasteiger partial charge in [-0.25, -0.2) is 0 Å². The maximum absolute atomic E-state index is 9.93. The minimum absolute atomic E-state index is 0.0562. The van der Waals surface area contributed by atoms with Crippen LogP contribution in [0.4, 0.5) is 0 Å². The lowest BCUT2D eigenvalue weighted by molar-refractivity contribution is 0.144. The van der Waals surface area contributed by atoms with Gasteiger partial charge in [-0.2, -0.15) is 0 Å². The molecule has 1 saturated heterocycles. The molecule has 0 unspecified atom stereocenters. The van der Waals surface area contributed by atoms with Crippen LogP contribution in [0.5, 0.6) is 5.75 Å². The smallest absolute Gasteiger partial charge is 0.494 e. The van der Waals surface area contributed by atoms with Gasteiger partial charge in [0.2, 0.25) is 0 Å². The molecule has 2 atom stereocenters. The molecule has 0 aromatic heterocycles. The quantitative estimate of drug-likeness (QED) is 0.781. The molecule has 1 N–H and O–H groups in total. The van der Waals surface area contributed by atoms with Crippen LogP contribution in [0.2, 0.25) is 0 Å². The third kappa shape index (κ3) is 1.83. The van der Waals surface area contributed by atoms with E-state index < -0.39 is 0 Å². The molecule has 96 valence electrons. The second-order valence-electron chi connectivity index (χ2n) is 5.35. The molecule has 0 bridgehead atoms. The van der Waals surface area contributed by atoms with E-state index >= 15 is 0 Å². The minimum Gasteiger partial charge on any atom is -0.508 e. The first-order valence-corrected chi connectivity index (χ1v) is 6.78. The van der Waals surface area contributed by atoms with Gasteiger partial charge in [0.15, 0.2) is 0 Å². The number of hydrogen-bond acceptors (Lipinski definition) is 3. The fourth-order valence-corrected chi connectivity index (χ4v) is 3.16. The minimum atomic E-state index is -0.231. The Hall–Kier alpha value is -1.52. The molecule has 0 spiro atoms. The molecule has 4 heteroatoms. The van der Waals surface area contributed by atoms with Crippen molar-refractivity contribution in [1.82, 2.24) is 0 Å². The molecule has 2 aliphatic carbocycles. The molecule has 4 rings (SSSR count). The second kappa shape index (κ2) is 4.25. The fourth-order valence-electron chi connectivity index (χ4n) is 3.16. The summed E-state index contributed by atoms with van der Waals surface area (Å²) in [5.41, 5.74) is 3.33. The van der Waals surface area contributed by atoms with Crippen molar-refractivity contribution in [2.45, 2.75) is 31.5 Å². The number of aromatic hydroxyl groups is 1. The molecule has 1 aromatic rings. The summed E-state index contributed by atoms with van der Waals surface area (Å²) in [6, 6.07) is 5.70. The van der Waals surface area contributed by atoms with E-state index in [1.54, 1.807) is 6.07 Å². The van der Waals surface area contributed by atoms with Crippen molar-refractivity contribution in [3.8, 4) is 5.75 Å². The van der Waals surface area contributed by atoms with Crippen molar-refractivity contribution in [3.05, 3.63) is 53.0 Å². The monoisotopic (exact) mass is 254 g/mol. The van der Waals surface area contributed by atoms with Gasteiger partial charge in [0.1, 0.15) is 5.75 Å². The van der Waals surface area contributed by atoms with Crippen LogP contribution < -0.4 is 0 Å². The molecule has 3 nitrogen and oxygen atoms in total. The van der Waals surface area contributed by atoms with Crippen molar-refractivity contribution in [2.75, 3.05) is 0 Å². The van der Waals surface area contributed by atoms with Crippen LogP contribution in [0.3, 0.4) is 0 Å². The number of benzene rings is 1. The Kier molecular flexibility index (Phi) is 2.53. The van der Waals surface area contributed by atoms with E-state index in [1.807, 2.05) is 6.07 Å². The molecular weight excluding hydrogens is 239 g/mol. The molecule has 0 radical (unpaired) electrons. The largest absolute Gasteiger partial charge is 0.508 e. The van der Waals surface area contributed by atoms with Crippen LogP contribution in [-0.2, 0) is 22.2 Å². The maximum Gasteiger partial charge on any atom is 0.494 e. The Morgan fingerprint density at radius 3 is 2.79 bits per heavy atom. The average molecular weight is 254 g/mol. The predicted octanol–water partition coefficient (Wildman–Crippen LogP) is 2.19. The van der Waals surface area contributed by atoms with Crippen LogP contribution in [0, 0.1) is 0 Å². The van der Waals surface area contributed by atoms with E-state index in [-0.39, 0.29) is 19.3 Å². The number of rotatable bonds is 1. The maximum atomic E-state index is 9.93. The van der Waals surface area contributed by atoms with E-state index in [0.29, 0.717) is 5.75 Å². The lowest BCUT2D eigenvalue weighted by Gasteiger charge is -2.26. The Morgan fingerprint density at radius 2 is 2.00 bits per heavy atom. The first kappa shape index (κ1) is 11.3. The van der Waals surface area contributed by atoms with Gasteiger partial charge in [0.05, 0.1) is 12.2 Å². The van der Waals surface area contributed by atoms with Crippen LogP contribution >= 0.6 is 0 Å². The van der Waals surface area contributed by atoms with E-state index in [4.69, 9.17) is 9.31 Å². The van der Waals surface area contributed by atoms with Gasteiger partial charge >= 0.3 is 7.12 Å². The molecule has 0 saturated carbocycles. The number of phenols is 1. The Morgan fingerprint density at radius 1 is 1.16 bits per heavy atom. The molecule has 1 aromatic carbocycles. The third-order valence-corrected chi connectivity index (χ3v) is 4.16. The van der Waals surface area contributed by atoms with Gasteiger partial charge in [-0.05, 0) is 35.5 Å². The van der Waals surface area contributed by atoms with Gasteiger partial charge in [0, 0.05) is 6.42 Å². The van der Waals surface area contributed by atoms with Crippen molar-refractivity contribution in [1.29, 1.82) is 0 Å². The summed E-state index contributed by atoms with van der Waals surface area (Å²) in [6.07, 6.45) is 9.02. The van der Waals surface area contributed by atoms with Crippen LogP contribution in [-0.4, -0.2) is 24.4 Å². The van der Waals surface area contributed by atoms with E-state index in [1.165, 1.54) is 5.56 Å². The lowest BCUT2D eigenvalue weighted by Crippen LogP contribution is -2.32. The zero-order chi connectivity index (χ0) is 12.8. The average Bonchev–Trinajstić information content (AvgIpc) is 3.05. The van der Waals surface area contributed by atoms with Gasteiger partial charge < -0.3 is 14.4 Å². The fraction of sp³-hybridized carbons (Fsp3) is 0.333. The standard InChI is InChI=1S/C15H15BO3/c17-13-7-3-4-10-8-14-15(9-12(10)13)19-16(18-14)11-5-1-2-6-11/h1,3-7,14-15,17H,2,8-9H2/t14-,15+/m0/s1. The van der Waals surface area contributed by atoms with Gasteiger partial charge in [-0.15, -0.1) is 0 Å². The van der Waals surface area contributed by atoms with Crippen LogP contribution in [0.15, 0.2) is 41.9 Å². The summed E-state index contributed by atoms with van der Waals surface area (Å²) < 4.78 is 12.0. The summed E-state index contributed by atoms with van der Waals surface area (Å²) in [4.78, 5) is 0. The zero-order valence-corrected chi connectivity index (χ0v) is 10.6. The van der Waals surface area contributed by atoms with Crippen molar-refractivity contribution in [3.63, 3.8) is 0 Å². The highest BCUT2D eigenvalue weighted by Crippen LogP contribution is 2.36. The molecule has 0 amide bonds. The summed E-state index contributed by atoms with van der Waals surface area (Å²) in [5, 5.41) is 9.93. The summed E-state index contributed by atoms with van der Waals surface area (Å²) >= 11 is 0. The van der Waals surface area contributed by atoms with Crippen molar-refractivity contribution in [2.24, 2.45) is 0 Å². The van der Waals surface area contributed by atoms with E-state index in [0.717, 1.165) is 30.3 Å². The first-order valence-electron chi connectivity index (χ1n) is 6.78. The SMILES string of the molecule is Oc1cccc2c1C[C@H]1OB(C3=CCC=C3)O[C@H]1C2. The van der Waals surface area contributed by atoms with Crippen LogP contribution in [0.1, 0.15) is 17.5 Å². The highest BCUT2D eigenvalue weighted by molar-refractivity contribution is 6.55. The van der Waals surface area contributed by atoms with E-state index in [2.05, 4.69) is 24.3 Å². The van der Waals surface area contributed by atoms with Crippen molar-refractivity contribution < 1.29 is 14.4 Å². The van der Waals surface area contributed by atoms with Gasteiger partial charge in [0.25, 0.3) is 0 Å². The number of phenolic OH excluding ortho intramolecular Hbond substituents is 1. The van der Waals surface area contributed by atoms with E-state index in [9.17, 15) is 5.11 Å². The first-order chi connectivity index (χ1) is 9.31. The second-order valence-corrected chi connectivity index (χ2v) is 5.35. The molecule has 1 heterocycles. The summed E-state index contributed by atoms with van der Waals surface area (Å²) in [6.45, 7) is 0. The van der Waals surface area contributed by atoms with Gasteiger partial charge in [-0.1, -0.05) is 30.4 Å². The number of fused-ring (bicyclic) bond motifs is 2. The lowest BCUT2D eigenvalue weighted by atomic mass is 9.79. The highest BCUT2D eigenvalue weighted by Gasteiger charge is 2.44. The normalized spacial score (nSPS) is 28.2. The van der Waals surface area contributed by atoms with Crippen LogP contribution in [0.25, 0.3) is 0 Å². The van der Waals surface area contributed by atoms with Crippen molar-refractivity contribution >= 4 is 7.12 Å². The Labute approximate surface area is 112 Å². The molecule has 3 aliphatic rings. The third-order valence-electron chi connectivity index (χ3n) is 4.16. The van der Waals surface area contributed by atoms with Gasteiger partial charge in [-0.3, -0.25) is 0 Å². The molecular formula is C15H15BO3. The molecule has 1 aliphatic heterocycles. The predicted molar refractivity (Wildman–Crippen MR) is 72.9 cm³/mol. The Bertz CT molecular complexity index is 579. The topological polar surface area (TPSA) is 38.7 Å². The molecule has 1 fully saturated rings. The summed E-state index contributed by atoms with van der Waals surface area (Å²) in [5.74, 6) is 0.378. The Balaban J connectivity index is 1.59. The summed E-state index contributed by atoms with van der Waals surface area (Å²) in [7, 11) is -0.231. The zero-order valence-electron chi connectivity index (χ0n) is 10.6. The highest BCUT2D eigenvalue weighted by atomic mass is 16.7.